The zero-order chi connectivity index (χ0) is 23.1. The Morgan fingerprint density at radius 1 is 1.00 bits per heavy atom. The van der Waals surface area contributed by atoms with Gasteiger partial charge in [0.15, 0.2) is 16.6 Å². The summed E-state index contributed by atoms with van der Waals surface area (Å²) in [6.45, 7) is 0.220. The molecule has 2 atom stereocenters. The Labute approximate surface area is 202 Å². The van der Waals surface area contributed by atoms with Crippen LogP contribution in [0.4, 0.5) is 5.69 Å². The monoisotopic (exact) mass is 470 g/mol. The van der Waals surface area contributed by atoms with Crippen molar-refractivity contribution in [2.45, 2.75) is 12.1 Å². The van der Waals surface area contributed by atoms with E-state index in [0.717, 1.165) is 34.3 Å². The summed E-state index contributed by atoms with van der Waals surface area (Å²) in [5, 5.41) is 4.13. The number of anilines is 1. The van der Waals surface area contributed by atoms with Crippen LogP contribution < -0.4 is 24.4 Å². The van der Waals surface area contributed by atoms with Crippen molar-refractivity contribution in [3.63, 3.8) is 0 Å². The van der Waals surface area contributed by atoms with E-state index in [1.165, 1.54) is 0 Å². The third-order valence-corrected chi connectivity index (χ3v) is 6.48. The number of para-hydroxylation sites is 2. The number of rotatable bonds is 5. The van der Waals surface area contributed by atoms with Crippen molar-refractivity contribution < 1.29 is 14.2 Å². The number of benzene rings is 2. The molecule has 6 rings (SSSR count). The fourth-order valence-electron chi connectivity index (χ4n) is 4.65. The molecule has 0 spiro atoms. The molecule has 2 aromatic heterocycles. The van der Waals surface area contributed by atoms with E-state index in [1.54, 1.807) is 13.3 Å². The van der Waals surface area contributed by atoms with Gasteiger partial charge in [-0.2, -0.15) is 0 Å². The van der Waals surface area contributed by atoms with Crippen LogP contribution in [0.3, 0.4) is 0 Å². The molecular weight excluding hydrogens is 448 g/mol. The molecule has 2 aliphatic heterocycles. The highest BCUT2D eigenvalue weighted by molar-refractivity contribution is 7.80. The molecule has 1 fully saturated rings. The predicted octanol–water partition coefficient (Wildman–Crippen LogP) is 4.79. The summed E-state index contributed by atoms with van der Waals surface area (Å²) in [6.07, 6.45) is 3.85. The van der Waals surface area contributed by atoms with Crippen LogP contribution in [0.25, 0.3) is 5.69 Å². The van der Waals surface area contributed by atoms with Crippen LogP contribution in [0.2, 0.25) is 0 Å². The number of fused-ring (bicyclic) bond motifs is 1. The van der Waals surface area contributed by atoms with Crippen LogP contribution in [0.15, 0.2) is 85.2 Å². The molecule has 0 bridgehead atoms. The van der Waals surface area contributed by atoms with Crippen molar-refractivity contribution in [1.29, 1.82) is 0 Å². The quantitative estimate of drug-likeness (QED) is 0.421. The normalized spacial score (nSPS) is 18.7. The van der Waals surface area contributed by atoms with Gasteiger partial charge in [0.25, 0.3) is 0 Å². The van der Waals surface area contributed by atoms with Gasteiger partial charge >= 0.3 is 0 Å². The molecule has 0 unspecified atom stereocenters. The number of nitrogens with zero attached hydrogens (tertiary/aromatic N) is 3. The number of nitrogens with one attached hydrogen (secondary N) is 1. The van der Waals surface area contributed by atoms with Crippen LogP contribution in [-0.2, 0) is 0 Å². The van der Waals surface area contributed by atoms with Crippen molar-refractivity contribution in [3.05, 3.63) is 96.6 Å². The van der Waals surface area contributed by atoms with Gasteiger partial charge in [0.1, 0.15) is 11.8 Å². The fraction of sp³-hybridized carbons (Fsp3) is 0.154. The lowest BCUT2D eigenvalue weighted by Crippen LogP contribution is -2.30. The molecule has 2 aromatic carbocycles. The van der Waals surface area contributed by atoms with E-state index < -0.39 is 0 Å². The first-order valence-electron chi connectivity index (χ1n) is 11.0. The maximum absolute atomic E-state index is 5.87. The number of aromatic nitrogens is 2. The van der Waals surface area contributed by atoms with Crippen LogP contribution in [0.5, 0.6) is 17.2 Å². The Morgan fingerprint density at radius 2 is 1.85 bits per heavy atom. The van der Waals surface area contributed by atoms with Gasteiger partial charge < -0.3 is 29.0 Å². The summed E-state index contributed by atoms with van der Waals surface area (Å²) in [6, 6.07) is 23.6. The van der Waals surface area contributed by atoms with E-state index in [-0.39, 0.29) is 18.9 Å². The average Bonchev–Trinajstić information content (AvgIpc) is 3.62. The minimum absolute atomic E-state index is 0.164. The second-order valence-corrected chi connectivity index (χ2v) is 8.40. The minimum Gasteiger partial charge on any atom is -0.495 e. The summed E-state index contributed by atoms with van der Waals surface area (Å²) in [5.74, 6) is 2.23. The first-order chi connectivity index (χ1) is 16.7. The van der Waals surface area contributed by atoms with Crippen molar-refractivity contribution in [2.75, 3.05) is 18.8 Å². The Kier molecular flexibility index (Phi) is 5.07. The molecule has 4 aromatic rings. The van der Waals surface area contributed by atoms with Gasteiger partial charge in [-0.25, -0.2) is 0 Å². The van der Waals surface area contributed by atoms with Gasteiger partial charge in [-0.05, 0) is 60.7 Å². The SMILES string of the molecule is COc1ccccc1-n1cccc1[C@H]1[C@H](c2ccccn2)NC(=S)N1c1ccc2c(c1)OCO2. The van der Waals surface area contributed by atoms with Gasteiger partial charge in [-0.3, -0.25) is 4.98 Å². The summed E-state index contributed by atoms with van der Waals surface area (Å²) in [7, 11) is 1.68. The smallest absolute Gasteiger partial charge is 0.231 e. The number of hydrogen-bond donors (Lipinski definition) is 1. The molecule has 0 amide bonds. The van der Waals surface area contributed by atoms with Gasteiger partial charge in [-0.15, -0.1) is 0 Å². The summed E-state index contributed by atoms with van der Waals surface area (Å²) >= 11 is 5.87. The molecule has 0 aliphatic carbocycles. The van der Waals surface area contributed by atoms with Crippen LogP contribution in [0.1, 0.15) is 23.5 Å². The number of methoxy groups -OCH3 is 1. The number of ether oxygens (including phenoxy) is 3. The molecule has 2 aliphatic rings. The predicted molar refractivity (Wildman–Crippen MR) is 133 cm³/mol. The summed E-state index contributed by atoms with van der Waals surface area (Å²) < 4.78 is 19.0. The highest BCUT2D eigenvalue weighted by Gasteiger charge is 2.42. The molecule has 170 valence electrons. The first kappa shape index (κ1) is 20.6. The van der Waals surface area contributed by atoms with Crippen LogP contribution in [-0.4, -0.2) is 28.6 Å². The number of thiocarbonyl (C=S) groups is 1. The van der Waals surface area contributed by atoms with Crippen molar-refractivity contribution in [3.8, 4) is 22.9 Å². The van der Waals surface area contributed by atoms with Gasteiger partial charge in [0.05, 0.1) is 24.5 Å². The number of hydrogen-bond acceptors (Lipinski definition) is 5. The Bertz CT molecular complexity index is 1360. The highest BCUT2D eigenvalue weighted by Crippen LogP contribution is 2.45. The van der Waals surface area contributed by atoms with E-state index in [0.29, 0.717) is 10.9 Å². The van der Waals surface area contributed by atoms with Gasteiger partial charge in [-0.1, -0.05) is 18.2 Å². The Morgan fingerprint density at radius 3 is 2.71 bits per heavy atom. The third kappa shape index (κ3) is 3.34. The van der Waals surface area contributed by atoms with E-state index in [9.17, 15) is 0 Å². The third-order valence-electron chi connectivity index (χ3n) is 6.16. The highest BCUT2D eigenvalue weighted by atomic mass is 32.1. The molecular formula is C26H22N4O3S. The lowest BCUT2D eigenvalue weighted by atomic mass is 10.0. The molecule has 1 N–H and O–H groups in total. The van der Waals surface area contributed by atoms with E-state index in [2.05, 4.69) is 25.8 Å². The molecule has 8 heteroatoms. The van der Waals surface area contributed by atoms with E-state index in [1.807, 2.05) is 72.9 Å². The van der Waals surface area contributed by atoms with Gasteiger partial charge in [0, 0.05) is 29.8 Å². The molecule has 4 heterocycles. The minimum atomic E-state index is -0.178. The average molecular weight is 471 g/mol. The van der Waals surface area contributed by atoms with Crippen molar-refractivity contribution in [2.24, 2.45) is 0 Å². The van der Waals surface area contributed by atoms with E-state index >= 15 is 0 Å². The van der Waals surface area contributed by atoms with Crippen LogP contribution in [0, 0.1) is 0 Å². The maximum Gasteiger partial charge on any atom is 0.231 e. The maximum atomic E-state index is 5.87. The second kappa shape index (κ2) is 8.39. The Hall–Kier alpha value is -4.04. The molecule has 0 radical (unpaired) electrons. The molecule has 34 heavy (non-hydrogen) atoms. The standard InChI is InChI=1S/C26H22N4O3S/c1-31-21-10-3-2-8-19(21)29-14-6-9-20(29)25-24(18-7-4-5-13-27-18)28-26(34)30(25)17-11-12-22-23(15-17)33-16-32-22/h2-15,24-25H,16H2,1H3,(H,28,34)/t24-,25-/m0/s1. The molecule has 0 saturated carbocycles. The summed E-state index contributed by atoms with van der Waals surface area (Å²) in [4.78, 5) is 6.77. The summed E-state index contributed by atoms with van der Waals surface area (Å²) in [5.41, 5.74) is 3.82. The van der Waals surface area contributed by atoms with Crippen molar-refractivity contribution in [1.82, 2.24) is 14.9 Å². The molecule has 7 nitrogen and oxygen atoms in total. The first-order valence-corrected chi connectivity index (χ1v) is 11.4. The second-order valence-electron chi connectivity index (χ2n) is 8.01. The van der Waals surface area contributed by atoms with Gasteiger partial charge in [0.2, 0.25) is 6.79 Å². The van der Waals surface area contributed by atoms with Crippen LogP contribution >= 0.6 is 12.2 Å². The lowest BCUT2D eigenvalue weighted by molar-refractivity contribution is 0.174. The van der Waals surface area contributed by atoms with E-state index in [4.69, 9.17) is 26.4 Å². The lowest BCUT2D eigenvalue weighted by Gasteiger charge is -2.29. The Balaban J connectivity index is 1.52. The molecule has 1 saturated heterocycles. The number of pyridine rings is 1. The zero-order valence-corrected chi connectivity index (χ0v) is 19.2. The van der Waals surface area contributed by atoms with Crippen molar-refractivity contribution >= 4 is 23.0 Å². The largest absolute Gasteiger partial charge is 0.495 e. The fourth-order valence-corrected chi connectivity index (χ4v) is 5.00. The topological polar surface area (TPSA) is 60.8 Å². The zero-order valence-electron chi connectivity index (χ0n) is 18.4.